The van der Waals surface area contributed by atoms with Gasteiger partial charge in [-0.1, -0.05) is 19.1 Å². The minimum absolute atomic E-state index is 0.0811. The maximum absolute atomic E-state index is 12.6. The van der Waals surface area contributed by atoms with Crippen LogP contribution in [0.2, 0.25) is 0 Å². The minimum Gasteiger partial charge on any atom is -0.483 e. The fourth-order valence-electron chi connectivity index (χ4n) is 2.36. The largest absolute Gasteiger partial charge is 0.483 e. The Morgan fingerprint density at radius 3 is 2.62 bits per heavy atom. The lowest BCUT2D eigenvalue weighted by molar-refractivity contribution is -0.147. The summed E-state index contributed by atoms with van der Waals surface area (Å²) in [5.41, 5.74) is 2.00. The van der Waals surface area contributed by atoms with Gasteiger partial charge < -0.3 is 24.2 Å². The fourth-order valence-corrected chi connectivity index (χ4v) is 2.36. The summed E-state index contributed by atoms with van der Waals surface area (Å²) in [6, 6.07) is 5.80. The van der Waals surface area contributed by atoms with Gasteiger partial charge in [0, 0.05) is 13.1 Å². The number of carbonyl (C=O) groups is 2. The number of amides is 1. The predicted octanol–water partition coefficient (Wildman–Crippen LogP) is 1.33. The van der Waals surface area contributed by atoms with E-state index in [0.29, 0.717) is 12.3 Å². The molecule has 1 unspecified atom stereocenters. The Kier molecular flexibility index (Phi) is 9.69. The molecule has 1 rings (SSSR count). The molecule has 1 aromatic rings. The number of methoxy groups -OCH3 is 1. The van der Waals surface area contributed by atoms with E-state index in [2.05, 4.69) is 0 Å². The van der Waals surface area contributed by atoms with Gasteiger partial charge in [-0.05, 0) is 31.0 Å². The standard InChI is InChI=1S/C19H29NO6/c1-14-5-6-15(2)17(11-14)26-13-18(22)20(7-9-25-10-8-21)12-16(3)19(23)24-4/h5-6,11,16,21H,7-10,12-13H2,1-4H3. The summed E-state index contributed by atoms with van der Waals surface area (Å²) in [6.45, 7) is 6.35. The predicted molar refractivity (Wildman–Crippen MR) is 97.1 cm³/mol. The maximum Gasteiger partial charge on any atom is 0.310 e. The Balaban J connectivity index is 2.68. The zero-order chi connectivity index (χ0) is 19.5. The summed E-state index contributed by atoms with van der Waals surface area (Å²) in [7, 11) is 1.32. The molecule has 0 aliphatic rings. The Hall–Kier alpha value is -2.12. The van der Waals surface area contributed by atoms with Crippen molar-refractivity contribution in [2.45, 2.75) is 20.8 Å². The van der Waals surface area contributed by atoms with E-state index in [-0.39, 0.29) is 44.8 Å². The Morgan fingerprint density at radius 1 is 1.23 bits per heavy atom. The average Bonchev–Trinajstić information content (AvgIpc) is 2.63. The van der Waals surface area contributed by atoms with Gasteiger partial charge in [-0.25, -0.2) is 0 Å². The van der Waals surface area contributed by atoms with Crippen LogP contribution in [-0.2, 0) is 19.1 Å². The molecule has 0 saturated heterocycles. The van der Waals surface area contributed by atoms with Crippen LogP contribution in [0.25, 0.3) is 0 Å². The van der Waals surface area contributed by atoms with Crippen molar-refractivity contribution in [1.29, 1.82) is 0 Å². The molecule has 146 valence electrons. The van der Waals surface area contributed by atoms with E-state index in [1.807, 2.05) is 32.0 Å². The van der Waals surface area contributed by atoms with Gasteiger partial charge in [0.15, 0.2) is 6.61 Å². The molecule has 0 aromatic heterocycles. The molecule has 0 spiro atoms. The number of ether oxygens (including phenoxy) is 3. The van der Waals surface area contributed by atoms with E-state index in [0.717, 1.165) is 11.1 Å². The molecule has 0 radical (unpaired) electrons. The molecule has 7 heteroatoms. The van der Waals surface area contributed by atoms with Gasteiger partial charge in [0.05, 0.1) is 32.8 Å². The topological polar surface area (TPSA) is 85.3 Å². The lowest BCUT2D eigenvalue weighted by Gasteiger charge is -2.25. The molecule has 0 aliphatic carbocycles. The van der Waals surface area contributed by atoms with E-state index >= 15 is 0 Å². The molecule has 1 aromatic carbocycles. The molecule has 7 nitrogen and oxygen atoms in total. The summed E-state index contributed by atoms with van der Waals surface area (Å²) in [5, 5.41) is 8.76. The van der Waals surface area contributed by atoms with Gasteiger partial charge in [-0.3, -0.25) is 9.59 Å². The molecule has 0 heterocycles. The lowest BCUT2D eigenvalue weighted by Crippen LogP contribution is -2.41. The number of aliphatic hydroxyl groups excluding tert-OH is 1. The van der Waals surface area contributed by atoms with E-state index < -0.39 is 5.92 Å². The molecule has 26 heavy (non-hydrogen) atoms. The van der Waals surface area contributed by atoms with E-state index in [1.165, 1.54) is 12.0 Å². The van der Waals surface area contributed by atoms with Crippen LogP contribution in [-0.4, -0.2) is 68.5 Å². The van der Waals surface area contributed by atoms with Crippen LogP contribution in [0.5, 0.6) is 5.75 Å². The van der Waals surface area contributed by atoms with Crippen molar-refractivity contribution in [1.82, 2.24) is 4.90 Å². The molecule has 1 amide bonds. The van der Waals surface area contributed by atoms with Gasteiger partial charge in [0.2, 0.25) is 0 Å². The monoisotopic (exact) mass is 367 g/mol. The average molecular weight is 367 g/mol. The van der Waals surface area contributed by atoms with Crippen molar-refractivity contribution < 1.29 is 28.9 Å². The smallest absolute Gasteiger partial charge is 0.310 e. The van der Waals surface area contributed by atoms with E-state index in [4.69, 9.17) is 19.3 Å². The van der Waals surface area contributed by atoms with Crippen LogP contribution in [0.4, 0.5) is 0 Å². The molecule has 0 fully saturated rings. The van der Waals surface area contributed by atoms with Crippen molar-refractivity contribution in [2.24, 2.45) is 5.92 Å². The van der Waals surface area contributed by atoms with Crippen LogP contribution in [0, 0.1) is 19.8 Å². The third-order valence-corrected chi connectivity index (χ3v) is 3.89. The Morgan fingerprint density at radius 2 is 1.96 bits per heavy atom. The number of hydrogen-bond donors (Lipinski definition) is 1. The molecule has 0 saturated carbocycles. The quantitative estimate of drug-likeness (QED) is 0.469. The second kappa shape index (κ2) is 11.5. The van der Waals surface area contributed by atoms with Crippen LogP contribution < -0.4 is 4.74 Å². The highest BCUT2D eigenvalue weighted by Gasteiger charge is 2.22. The number of esters is 1. The third-order valence-electron chi connectivity index (χ3n) is 3.89. The molecule has 0 aliphatic heterocycles. The number of nitrogens with zero attached hydrogens (tertiary/aromatic N) is 1. The molecule has 1 N–H and O–H groups in total. The summed E-state index contributed by atoms with van der Waals surface area (Å²) in [5.74, 6) is -0.415. The van der Waals surface area contributed by atoms with Gasteiger partial charge >= 0.3 is 5.97 Å². The molecule has 0 bridgehead atoms. The Bertz CT molecular complexity index is 589. The minimum atomic E-state index is -0.456. The first-order valence-corrected chi connectivity index (χ1v) is 8.63. The van der Waals surface area contributed by atoms with E-state index in [1.54, 1.807) is 6.92 Å². The van der Waals surface area contributed by atoms with Gasteiger partial charge in [-0.15, -0.1) is 0 Å². The zero-order valence-electron chi connectivity index (χ0n) is 16.0. The summed E-state index contributed by atoms with van der Waals surface area (Å²) in [4.78, 5) is 25.7. The second-order valence-electron chi connectivity index (χ2n) is 6.16. The zero-order valence-corrected chi connectivity index (χ0v) is 16.0. The maximum atomic E-state index is 12.6. The number of benzene rings is 1. The van der Waals surface area contributed by atoms with Crippen molar-refractivity contribution >= 4 is 11.9 Å². The summed E-state index contributed by atoms with van der Waals surface area (Å²) in [6.07, 6.45) is 0. The van der Waals surface area contributed by atoms with Gasteiger partial charge in [0.25, 0.3) is 5.91 Å². The molecule has 1 atom stereocenters. The first kappa shape index (κ1) is 21.9. The normalized spacial score (nSPS) is 11.7. The lowest BCUT2D eigenvalue weighted by atomic mass is 10.1. The van der Waals surface area contributed by atoms with Gasteiger partial charge in [-0.2, -0.15) is 0 Å². The van der Waals surface area contributed by atoms with Crippen molar-refractivity contribution in [2.75, 3.05) is 46.6 Å². The number of rotatable bonds is 11. The molecular weight excluding hydrogens is 338 g/mol. The number of aryl methyl sites for hydroxylation is 2. The first-order chi connectivity index (χ1) is 12.4. The van der Waals surface area contributed by atoms with Crippen molar-refractivity contribution in [3.63, 3.8) is 0 Å². The highest BCUT2D eigenvalue weighted by molar-refractivity contribution is 5.79. The second-order valence-corrected chi connectivity index (χ2v) is 6.16. The highest BCUT2D eigenvalue weighted by Crippen LogP contribution is 2.19. The Labute approximate surface area is 154 Å². The number of carbonyl (C=O) groups excluding carboxylic acids is 2. The van der Waals surface area contributed by atoms with Crippen LogP contribution in [0.3, 0.4) is 0 Å². The summed E-state index contributed by atoms with van der Waals surface area (Å²) >= 11 is 0. The summed E-state index contributed by atoms with van der Waals surface area (Å²) < 4.78 is 15.6. The van der Waals surface area contributed by atoms with Crippen LogP contribution in [0.15, 0.2) is 18.2 Å². The molecular formula is C19H29NO6. The number of hydrogen-bond acceptors (Lipinski definition) is 6. The van der Waals surface area contributed by atoms with Gasteiger partial charge in [0.1, 0.15) is 5.75 Å². The van der Waals surface area contributed by atoms with Crippen molar-refractivity contribution in [3.8, 4) is 5.75 Å². The number of aliphatic hydroxyl groups is 1. The highest BCUT2D eigenvalue weighted by atomic mass is 16.5. The van der Waals surface area contributed by atoms with Crippen LogP contribution in [0.1, 0.15) is 18.1 Å². The fraction of sp³-hybridized carbons (Fsp3) is 0.579. The van der Waals surface area contributed by atoms with Crippen LogP contribution >= 0.6 is 0 Å². The third kappa shape index (κ3) is 7.41. The first-order valence-electron chi connectivity index (χ1n) is 8.63. The SMILES string of the molecule is COC(=O)C(C)CN(CCOCCO)C(=O)COc1cc(C)ccc1C. The van der Waals surface area contributed by atoms with Crippen molar-refractivity contribution in [3.05, 3.63) is 29.3 Å². The van der Waals surface area contributed by atoms with E-state index in [9.17, 15) is 9.59 Å².